The van der Waals surface area contributed by atoms with Gasteiger partial charge in [-0.3, -0.25) is 4.18 Å². The number of fused-ring (bicyclic) bond motifs is 1. The molecule has 0 aliphatic carbocycles. The van der Waals surface area contributed by atoms with E-state index in [9.17, 15) is 8.42 Å². The fourth-order valence-corrected chi connectivity index (χ4v) is 3.63. The molecule has 0 bridgehead atoms. The molecule has 2 atom stereocenters. The second kappa shape index (κ2) is 7.41. The summed E-state index contributed by atoms with van der Waals surface area (Å²) in [4.78, 5) is 0. The van der Waals surface area contributed by atoms with E-state index in [2.05, 4.69) is 10.3 Å². The molecule has 1 aromatic heterocycles. The number of hydrogen-bond donors (Lipinski definition) is 0. The SMILES string of the molecule is CS(=O)(=O)OC[C@@H]1CO[C@@](Cn2nnc3ccccc32)(c2ccc(Cl)cc2)O1. The molecule has 4 rings (SSSR count). The van der Waals surface area contributed by atoms with Crippen LogP contribution in [0.2, 0.25) is 5.02 Å². The van der Waals surface area contributed by atoms with Crippen LogP contribution in [0.4, 0.5) is 0 Å². The average molecular weight is 424 g/mol. The summed E-state index contributed by atoms with van der Waals surface area (Å²) in [5.41, 5.74) is 2.32. The van der Waals surface area contributed by atoms with Crippen molar-refractivity contribution in [3.05, 3.63) is 59.1 Å². The molecular formula is C18H18ClN3O5S. The lowest BCUT2D eigenvalue weighted by Crippen LogP contribution is -2.34. The van der Waals surface area contributed by atoms with Crippen molar-refractivity contribution in [1.29, 1.82) is 0 Å². The van der Waals surface area contributed by atoms with Crippen molar-refractivity contribution in [3.8, 4) is 0 Å². The van der Waals surface area contributed by atoms with Gasteiger partial charge in [0.05, 0.1) is 25.0 Å². The Bertz CT molecular complexity index is 1090. The first-order chi connectivity index (χ1) is 13.3. The Balaban J connectivity index is 1.66. The third-order valence-electron chi connectivity index (χ3n) is 4.39. The lowest BCUT2D eigenvalue weighted by molar-refractivity contribution is -0.190. The Kier molecular flexibility index (Phi) is 5.11. The van der Waals surface area contributed by atoms with Crippen LogP contribution in [0.1, 0.15) is 5.56 Å². The Hall–Kier alpha value is -2.04. The molecule has 0 amide bonds. The molecule has 1 saturated heterocycles. The summed E-state index contributed by atoms with van der Waals surface area (Å²) in [6.07, 6.45) is 0.441. The second-order valence-corrected chi connectivity index (χ2v) is 8.62. The number of nitrogens with zero attached hydrogens (tertiary/aromatic N) is 3. The van der Waals surface area contributed by atoms with E-state index in [4.69, 9.17) is 25.3 Å². The number of aromatic nitrogens is 3. The summed E-state index contributed by atoms with van der Waals surface area (Å²) in [5, 5.41) is 8.96. The molecule has 0 N–H and O–H groups in total. The van der Waals surface area contributed by atoms with Gasteiger partial charge in [-0.05, 0) is 24.3 Å². The second-order valence-electron chi connectivity index (χ2n) is 6.54. The normalized spacial score (nSPS) is 22.7. The molecule has 0 radical (unpaired) electrons. The molecule has 10 heteroatoms. The number of hydrogen-bond acceptors (Lipinski definition) is 7. The number of ether oxygens (including phenoxy) is 2. The van der Waals surface area contributed by atoms with Crippen molar-refractivity contribution in [2.45, 2.75) is 18.4 Å². The highest BCUT2D eigenvalue weighted by Crippen LogP contribution is 2.37. The molecule has 1 aliphatic heterocycles. The molecule has 3 aromatic rings. The zero-order valence-corrected chi connectivity index (χ0v) is 16.6. The van der Waals surface area contributed by atoms with Crippen LogP contribution in [0.25, 0.3) is 11.0 Å². The van der Waals surface area contributed by atoms with E-state index in [0.29, 0.717) is 5.02 Å². The lowest BCUT2D eigenvalue weighted by Gasteiger charge is -2.28. The van der Waals surface area contributed by atoms with Crippen molar-refractivity contribution in [2.75, 3.05) is 19.5 Å². The smallest absolute Gasteiger partial charge is 0.264 e. The molecule has 148 valence electrons. The van der Waals surface area contributed by atoms with Gasteiger partial charge in [0.25, 0.3) is 10.1 Å². The fourth-order valence-electron chi connectivity index (χ4n) is 3.11. The van der Waals surface area contributed by atoms with Gasteiger partial charge in [-0.15, -0.1) is 5.10 Å². The van der Waals surface area contributed by atoms with E-state index < -0.39 is 22.0 Å². The monoisotopic (exact) mass is 423 g/mol. The highest BCUT2D eigenvalue weighted by molar-refractivity contribution is 7.85. The van der Waals surface area contributed by atoms with Gasteiger partial charge in [-0.25, -0.2) is 4.68 Å². The van der Waals surface area contributed by atoms with Crippen molar-refractivity contribution in [1.82, 2.24) is 15.0 Å². The first-order valence-corrected chi connectivity index (χ1v) is 10.7. The maximum Gasteiger partial charge on any atom is 0.264 e. The van der Waals surface area contributed by atoms with Crippen LogP contribution >= 0.6 is 11.6 Å². The van der Waals surface area contributed by atoms with Gasteiger partial charge in [0.1, 0.15) is 18.2 Å². The van der Waals surface area contributed by atoms with E-state index in [1.807, 2.05) is 24.3 Å². The van der Waals surface area contributed by atoms with Gasteiger partial charge in [-0.1, -0.05) is 41.1 Å². The van der Waals surface area contributed by atoms with E-state index >= 15 is 0 Å². The van der Waals surface area contributed by atoms with E-state index in [0.717, 1.165) is 22.9 Å². The zero-order valence-electron chi connectivity index (χ0n) is 15.0. The third kappa shape index (κ3) is 4.03. The van der Waals surface area contributed by atoms with Crippen LogP contribution in [-0.4, -0.2) is 49.0 Å². The van der Waals surface area contributed by atoms with Gasteiger partial charge in [-0.2, -0.15) is 8.42 Å². The Morgan fingerprint density at radius 3 is 2.75 bits per heavy atom. The minimum atomic E-state index is -3.58. The summed E-state index contributed by atoms with van der Waals surface area (Å²) in [5.74, 6) is -1.17. The maximum absolute atomic E-state index is 11.3. The van der Waals surface area contributed by atoms with Crippen LogP contribution in [0, 0.1) is 0 Å². The number of benzene rings is 2. The molecule has 0 spiro atoms. The van der Waals surface area contributed by atoms with Crippen molar-refractivity contribution < 1.29 is 22.1 Å². The first-order valence-electron chi connectivity index (χ1n) is 8.55. The number of para-hydroxylation sites is 1. The Morgan fingerprint density at radius 1 is 1.25 bits per heavy atom. The van der Waals surface area contributed by atoms with Gasteiger partial charge < -0.3 is 9.47 Å². The Morgan fingerprint density at radius 2 is 2.00 bits per heavy atom. The summed E-state index contributed by atoms with van der Waals surface area (Å²) in [7, 11) is -3.58. The fraction of sp³-hybridized carbons (Fsp3) is 0.333. The molecule has 28 heavy (non-hydrogen) atoms. The topological polar surface area (TPSA) is 92.5 Å². The summed E-state index contributed by atoms with van der Waals surface area (Å²) in [6.45, 7) is 0.265. The minimum absolute atomic E-state index is 0.133. The minimum Gasteiger partial charge on any atom is -0.342 e. The molecule has 1 fully saturated rings. The largest absolute Gasteiger partial charge is 0.342 e. The maximum atomic E-state index is 11.3. The predicted molar refractivity (Wildman–Crippen MR) is 102 cm³/mol. The van der Waals surface area contributed by atoms with Crippen LogP contribution in [0.5, 0.6) is 0 Å². The average Bonchev–Trinajstić information content (AvgIpc) is 3.26. The van der Waals surface area contributed by atoms with Crippen molar-refractivity contribution in [2.24, 2.45) is 0 Å². The third-order valence-corrected chi connectivity index (χ3v) is 5.21. The van der Waals surface area contributed by atoms with Crippen LogP contribution in [0.15, 0.2) is 48.5 Å². The van der Waals surface area contributed by atoms with E-state index in [1.165, 1.54) is 0 Å². The predicted octanol–water partition coefficient (Wildman–Crippen LogP) is 2.33. The molecular weight excluding hydrogens is 406 g/mol. The Labute approximate surface area is 167 Å². The van der Waals surface area contributed by atoms with Gasteiger partial charge in [0.15, 0.2) is 0 Å². The summed E-state index contributed by atoms with van der Waals surface area (Å²) < 4.78 is 41.4. The van der Waals surface area contributed by atoms with Crippen molar-refractivity contribution >= 4 is 32.8 Å². The molecule has 8 nitrogen and oxygen atoms in total. The van der Waals surface area contributed by atoms with Crippen LogP contribution in [-0.2, 0) is 36.1 Å². The van der Waals surface area contributed by atoms with Gasteiger partial charge in [0.2, 0.25) is 5.79 Å². The number of halogens is 1. The van der Waals surface area contributed by atoms with E-state index in [1.54, 1.807) is 28.9 Å². The van der Waals surface area contributed by atoms with E-state index in [-0.39, 0.29) is 19.8 Å². The van der Waals surface area contributed by atoms with Crippen molar-refractivity contribution in [3.63, 3.8) is 0 Å². The van der Waals surface area contributed by atoms with Crippen LogP contribution in [0.3, 0.4) is 0 Å². The highest BCUT2D eigenvalue weighted by atomic mass is 35.5. The molecule has 0 unspecified atom stereocenters. The van der Waals surface area contributed by atoms with Crippen LogP contribution < -0.4 is 0 Å². The lowest BCUT2D eigenvalue weighted by atomic mass is 10.1. The molecule has 1 aliphatic rings. The number of rotatable bonds is 6. The molecule has 2 heterocycles. The van der Waals surface area contributed by atoms with Gasteiger partial charge >= 0.3 is 0 Å². The summed E-state index contributed by atoms with van der Waals surface area (Å²) >= 11 is 6.02. The zero-order chi connectivity index (χ0) is 19.8. The summed E-state index contributed by atoms with van der Waals surface area (Å²) in [6, 6.07) is 14.7. The standard InChI is InChI=1S/C18H18ClN3O5S/c1-28(23,24)26-11-15-10-25-18(27-15,13-6-8-14(19)9-7-13)12-22-17-5-3-2-4-16(17)20-21-22/h2-9,15H,10-12H2,1H3/t15-,18+/m0/s1. The highest BCUT2D eigenvalue weighted by Gasteiger charge is 2.44. The quantitative estimate of drug-likeness (QED) is 0.562. The molecule has 0 saturated carbocycles. The molecule has 2 aromatic carbocycles. The van der Waals surface area contributed by atoms with Gasteiger partial charge in [0, 0.05) is 10.6 Å². The first kappa shape index (κ1) is 19.3.